The smallest absolute Gasteiger partial charge is 0.251 e. The Labute approximate surface area is 197 Å². The summed E-state index contributed by atoms with van der Waals surface area (Å²) < 4.78 is 20.9. The number of fused-ring (bicyclic) bond motifs is 1. The molecule has 4 N–H and O–H groups in total. The number of carbonyl (C=O) groups is 1. The van der Waals surface area contributed by atoms with Gasteiger partial charge in [-0.15, -0.1) is 0 Å². The fourth-order valence-electron chi connectivity index (χ4n) is 3.81. The normalized spacial score (nSPS) is 21.8. The average Bonchev–Trinajstić information content (AvgIpc) is 3.43. The number of amides is 1. The second kappa shape index (κ2) is 9.29. The van der Waals surface area contributed by atoms with Gasteiger partial charge < -0.3 is 25.6 Å². The number of anilines is 1. The molecule has 5 heterocycles. The number of nitrogens with zero attached hydrogens (tertiary/aromatic N) is 6. The van der Waals surface area contributed by atoms with E-state index in [9.17, 15) is 19.4 Å². The van der Waals surface area contributed by atoms with Crippen molar-refractivity contribution in [2.75, 3.05) is 12.4 Å². The molecule has 1 saturated heterocycles. The lowest BCUT2D eigenvalue weighted by Crippen LogP contribution is -2.41. The molecule has 180 valence electrons. The fraction of sp³-hybridized carbons (Fsp3) is 0.273. The number of aliphatic hydroxyl groups is 2. The molecular formula is C22H21FN8O4. The molecule has 0 aromatic carbocycles. The first-order chi connectivity index (χ1) is 17.0. The zero-order chi connectivity index (χ0) is 24.5. The minimum absolute atomic E-state index is 0.144. The lowest BCUT2D eigenvalue weighted by Gasteiger charge is -2.17. The fourth-order valence-corrected chi connectivity index (χ4v) is 3.81. The van der Waals surface area contributed by atoms with E-state index in [4.69, 9.17) is 4.74 Å². The maximum Gasteiger partial charge on any atom is 0.251 e. The molecule has 35 heavy (non-hydrogen) atoms. The molecule has 4 aromatic rings. The predicted octanol–water partition coefficient (Wildman–Crippen LogP) is 0.400. The van der Waals surface area contributed by atoms with Crippen LogP contribution in [0.5, 0.6) is 0 Å². The molecule has 5 rings (SSSR count). The summed E-state index contributed by atoms with van der Waals surface area (Å²) in [5.74, 6) is -0.670. The quantitative estimate of drug-likeness (QED) is 0.304. The Morgan fingerprint density at radius 3 is 2.80 bits per heavy atom. The number of hydrogen-bond donors (Lipinski definition) is 4. The molecule has 1 amide bonds. The van der Waals surface area contributed by atoms with Crippen molar-refractivity contribution in [2.45, 2.75) is 31.1 Å². The van der Waals surface area contributed by atoms with E-state index in [-0.39, 0.29) is 11.5 Å². The predicted molar refractivity (Wildman–Crippen MR) is 120 cm³/mol. The third-order valence-corrected chi connectivity index (χ3v) is 5.56. The molecule has 1 fully saturated rings. The van der Waals surface area contributed by atoms with Crippen molar-refractivity contribution in [2.24, 2.45) is 0 Å². The van der Waals surface area contributed by atoms with Gasteiger partial charge in [-0.3, -0.25) is 19.3 Å². The first-order valence-corrected chi connectivity index (χ1v) is 10.7. The Kier molecular flexibility index (Phi) is 6.03. The monoisotopic (exact) mass is 480 g/mol. The second-order valence-electron chi connectivity index (χ2n) is 7.83. The topological polar surface area (TPSA) is 160 Å². The second-order valence-corrected chi connectivity index (χ2v) is 7.83. The van der Waals surface area contributed by atoms with Gasteiger partial charge in [-0.25, -0.2) is 19.3 Å². The molecule has 1 aliphatic heterocycles. The lowest BCUT2D eigenvalue weighted by molar-refractivity contribution is -0.137. The number of likely N-dealkylation sites (N-methyl/N-ethyl adjacent to an activating group) is 1. The summed E-state index contributed by atoms with van der Waals surface area (Å²) in [6.45, 7) is 0.320. The van der Waals surface area contributed by atoms with E-state index >= 15 is 0 Å². The maximum absolute atomic E-state index is 13.9. The minimum Gasteiger partial charge on any atom is -0.387 e. The number of halogens is 1. The van der Waals surface area contributed by atoms with E-state index in [0.717, 1.165) is 11.9 Å². The number of rotatable bonds is 6. The molecule has 12 nitrogen and oxygen atoms in total. The van der Waals surface area contributed by atoms with Crippen molar-refractivity contribution < 1.29 is 24.1 Å². The SMILES string of the molecule is CNC(=O)[C@H]1O[C@H](n2cnc3c(NCc4ccccn4)nc(-c4cncc(F)c4)nc32)[C@H](O)[C@@H]1O. The Bertz CT molecular complexity index is 1370. The summed E-state index contributed by atoms with van der Waals surface area (Å²) in [4.78, 5) is 33.6. The van der Waals surface area contributed by atoms with Gasteiger partial charge in [0.05, 0.1) is 24.8 Å². The first-order valence-electron chi connectivity index (χ1n) is 10.7. The number of pyridine rings is 2. The number of carbonyl (C=O) groups excluding carboxylic acids is 1. The van der Waals surface area contributed by atoms with Crippen LogP contribution >= 0.6 is 0 Å². The van der Waals surface area contributed by atoms with E-state index in [0.29, 0.717) is 23.4 Å². The summed E-state index contributed by atoms with van der Waals surface area (Å²) in [5, 5.41) is 26.5. The third-order valence-electron chi connectivity index (χ3n) is 5.56. The molecular weight excluding hydrogens is 459 g/mol. The van der Waals surface area contributed by atoms with Crippen LogP contribution in [-0.4, -0.2) is 71.0 Å². The van der Waals surface area contributed by atoms with Gasteiger partial charge in [-0.05, 0) is 18.2 Å². The van der Waals surface area contributed by atoms with Gasteiger partial charge in [-0.1, -0.05) is 6.07 Å². The molecule has 13 heteroatoms. The highest BCUT2D eigenvalue weighted by atomic mass is 19.1. The van der Waals surface area contributed by atoms with Gasteiger partial charge in [0.15, 0.2) is 35.1 Å². The van der Waals surface area contributed by atoms with Crippen LogP contribution in [0.3, 0.4) is 0 Å². The Morgan fingerprint density at radius 2 is 2.06 bits per heavy atom. The maximum atomic E-state index is 13.9. The molecule has 0 bridgehead atoms. The standard InChI is InChI=1S/C22H21FN8O4/c1-24-21(34)17-15(32)16(33)22(35-17)31-10-28-14-19(27-9-13-4-2-3-5-26-13)29-18(30-20(14)31)11-6-12(23)8-25-7-11/h2-8,10,15-17,22,32-33H,9H2,1H3,(H,24,34)(H,27,29,30)/t15-,16+,17-,22-/m0/s1. The molecule has 0 spiro atoms. The van der Waals surface area contributed by atoms with Crippen molar-refractivity contribution >= 4 is 22.9 Å². The Hall–Kier alpha value is -4.07. The average molecular weight is 480 g/mol. The van der Waals surface area contributed by atoms with Gasteiger partial charge in [0.25, 0.3) is 5.91 Å². The zero-order valence-electron chi connectivity index (χ0n) is 18.4. The van der Waals surface area contributed by atoms with Crippen LogP contribution in [0.25, 0.3) is 22.6 Å². The Morgan fingerprint density at radius 1 is 1.20 bits per heavy atom. The van der Waals surface area contributed by atoms with Gasteiger partial charge in [0.2, 0.25) is 0 Å². The summed E-state index contributed by atoms with van der Waals surface area (Å²) in [7, 11) is 1.40. The number of hydrogen-bond acceptors (Lipinski definition) is 10. The minimum atomic E-state index is -1.46. The van der Waals surface area contributed by atoms with Crippen LogP contribution < -0.4 is 10.6 Å². The van der Waals surface area contributed by atoms with Crippen molar-refractivity contribution in [1.29, 1.82) is 0 Å². The number of aromatic nitrogens is 6. The summed E-state index contributed by atoms with van der Waals surface area (Å²) >= 11 is 0. The molecule has 0 aliphatic carbocycles. The van der Waals surface area contributed by atoms with Gasteiger partial charge in [-0.2, -0.15) is 0 Å². The van der Waals surface area contributed by atoms with Gasteiger partial charge in [0, 0.05) is 25.0 Å². The van der Waals surface area contributed by atoms with Crippen molar-refractivity contribution in [3.63, 3.8) is 0 Å². The van der Waals surface area contributed by atoms with E-state index < -0.39 is 36.3 Å². The van der Waals surface area contributed by atoms with E-state index in [2.05, 4.69) is 35.6 Å². The molecule has 4 aromatic heterocycles. The molecule has 4 atom stereocenters. The van der Waals surface area contributed by atoms with E-state index in [1.807, 2.05) is 12.1 Å². The highest BCUT2D eigenvalue weighted by Gasteiger charge is 2.47. The zero-order valence-corrected chi connectivity index (χ0v) is 18.4. The first kappa shape index (κ1) is 22.7. The van der Waals surface area contributed by atoms with Crippen LogP contribution in [0, 0.1) is 5.82 Å². The summed E-state index contributed by atoms with van der Waals surface area (Å²) in [5.41, 5.74) is 1.63. The van der Waals surface area contributed by atoms with Crippen LogP contribution in [0.2, 0.25) is 0 Å². The van der Waals surface area contributed by atoms with Gasteiger partial charge in [0.1, 0.15) is 18.0 Å². The largest absolute Gasteiger partial charge is 0.387 e. The summed E-state index contributed by atoms with van der Waals surface area (Å²) in [6, 6.07) is 6.73. The third kappa shape index (κ3) is 4.27. The van der Waals surface area contributed by atoms with Crippen LogP contribution in [0.1, 0.15) is 11.9 Å². The van der Waals surface area contributed by atoms with Gasteiger partial charge >= 0.3 is 0 Å². The van der Waals surface area contributed by atoms with Crippen molar-refractivity contribution in [3.8, 4) is 11.4 Å². The molecule has 0 saturated carbocycles. The van der Waals surface area contributed by atoms with E-state index in [1.54, 1.807) is 12.3 Å². The van der Waals surface area contributed by atoms with Crippen LogP contribution in [0.15, 0.2) is 49.2 Å². The summed E-state index contributed by atoms with van der Waals surface area (Å²) in [6.07, 6.45) is 0.170. The highest BCUT2D eigenvalue weighted by molar-refractivity contribution is 5.85. The number of nitrogens with one attached hydrogen (secondary N) is 2. The Balaban J connectivity index is 1.58. The number of aliphatic hydroxyl groups excluding tert-OH is 2. The van der Waals surface area contributed by atoms with Crippen LogP contribution in [-0.2, 0) is 16.1 Å². The number of imidazole rings is 1. The van der Waals surface area contributed by atoms with Crippen molar-refractivity contribution in [1.82, 2.24) is 34.8 Å². The number of ether oxygens (including phenoxy) is 1. The highest BCUT2D eigenvalue weighted by Crippen LogP contribution is 2.33. The van der Waals surface area contributed by atoms with E-state index in [1.165, 1.54) is 30.2 Å². The van der Waals surface area contributed by atoms with Crippen LogP contribution in [0.4, 0.5) is 10.2 Å². The van der Waals surface area contributed by atoms with Crippen molar-refractivity contribution in [3.05, 3.63) is 60.7 Å². The molecule has 1 aliphatic rings. The lowest BCUT2D eigenvalue weighted by atomic mass is 10.1. The molecule has 0 radical (unpaired) electrons. The molecule has 0 unspecified atom stereocenters.